The third-order valence-corrected chi connectivity index (χ3v) is 2.82. The lowest BCUT2D eigenvalue weighted by molar-refractivity contribution is -0.0819. The summed E-state index contributed by atoms with van der Waals surface area (Å²) in [5.74, 6) is 6.86. The number of ether oxygens (including phenoxy) is 2. The van der Waals surface area contributed by atoms with Gasteiger partial charge >= 0.3 is 0 Å². The van der Waals surface area contributed by atoms with Crippen molar-refractivity contribution in [1.29, 1.82) is 0 Å². The van der Waals surface area contributed by atoms with E-state index < -0.39 is 0 Å². The number of rotatable bonds is 5. The van der Waals surface area contributed by atoms with Crippen LogP contribution >= 0.6 is 0 Å². The Morgan fingerprint density at radius 2 is 2.22 bits per heavy atom. The van der Waals surface area contributed by atoms with E-state index in [1.165, 1.54) is 6.33 Å². The van der Waals surface area contributed by atoms with Crippen molar-refractivity contribution in [3.05, 3.63) is 11.9 Å². The number of nitrogens with two attached hydrogens (primary N) is 1. The van der Waals surface area contributed by atoms with Crippen LogP contribution in [0.3, 0.4) is 0 Å². The molecule has 18 heavy (non-hydrogen) atoms. The average molecular weight is 253 g/mol. The monoisotopic (exact) mass is 253 g/mol. The smallest absolute Gasteiger partial charge is 0.148 e. The summed E-state index contributed by atoms with van der Waals surface area (Å²) in [4.78, 5) is 8.31. The lowest BCUT2D eigenvalue weighted by atomic mass is 10.2. The minimum absolute atomic E-state index is 0.0627. The lowest BCUT2D eigenvalue weighted by Gasteiger charge is -2.23. The highest BCUT2D eigenvalue weighted by molar-refractivity contribution is 5.56. The largest absolute Gasteiger partial charge is 0.376 e. The summed E-state index contributed by atoms with van der Waals surface area (Å²) in [7, 11) is 0. The van der Waals surface area contributed by atoms with E-state index in [1.807, 2.05) is 6.92 Å². The van der Waals surface area contributed by atoms with Gasteiger partial charge in [-0.25, -0.2) is 15.8 Å². The summed E-state index contributed by atoms with van der Waals surface area (Å²) < 4.78 is 10.9. The number of nitrogens with one attached hydrogen (secondary N) is 2. The van der Waals surface area contributed by atoms with E-state index in [9.17, 15) is 0 Å². The standard InChI is InChI=1S/C11H19N5O2/c1-2-9-10(14-7-15-11(9)16-12)13-5-8-6-17-3-4-18-8/h7-8H,2-6,12H2,1H3,(H2,13,14,15,16). The van der Waals surface area contributed by atoms with Crippen LogP contribution in [0.5, 0.6) is 0 Å². The molecule has 1 saturated heterocycles. The summed E-state index contributed by atoms with van der Waals surface area (Å²) in [6.45, 7) is 4.62. The van der Waals surface area contributed by atoms with Gasteiger partial charge in [0.25, 0.3) is 0 Å². The zero-order chi connectivity index (χ0) is 12.8. The molecule has 1 atom stereocenters. The van der Waals surface area contributed by atoms with E-state index in [2.05, 4.69) is 20.7 Å². The van der Waals surface area contributed by atoms with E-state index in [4.69, 9.17) is 15.3 Å². The predicted molar refractivity (Wildman–Crippen MR) is 68.3 cm³/mol. The van der Waals surface area contributed by atoms with E-state index in [1.54, 1.807) is 0 Å². The molecule has 7 heteroatoms. The summed E-state index contributed by atoms with van der Waals surface area (Å²) in [5.41, 5.74) is 3.55. The fraction of sp³-hybridized carbons (Fsp3) is 0.636. The number of anilines is 2. The molecule has 2 rings (SSSR count). The van der Waals surface area contributed by atoms with Gasteiger partial charge in [0, 0.05) is 12.1 Å². The topological polar surface area (TPSA) is 94.3 Å². The highest BCUT2D eigenvalue weighted by Crippen LogP contribution is 2.19. The van der Waals surface area contributed by atoms with Crippen LogP contribution in [0.25, 0.3) is 0 Å². The Labute approximate surface area is 106 Å². The summed E-state index contributed by atoms with van der Waals surface area (Å²) in [6.07, 6.45) is 2.34. The molecule has 0 aromatic carbocycles. The fourth-order valence-corrected chi connectivity index (χ4v) is 1.89. The minimum Gasteiger partial charge on any atom is -0.376 e. The van der Waals surface area contributed by atoms with Crippen molar-refractivity contribution in [3.8, 4) is 0 Å². The van der Waals surface area contributed by atoms with E-state index in [0.29, 0.717) is 32.2 Å². The SMILES string of the molecule is CCc1c(NN)ncnc1NCC1COCCO1. The Morgan fingerprint density at radius 3 is 2.89 bits per heavy atom. The maximum Gasteiger partial charge on any atom is 0.148 e. The first-order chi connectivity index (χ1) is 8.85. The van der Waals surface area contributed by atoms with Crippen LogP contribution in [0.4, 0.5) is 11.6 Å². The van der Waals surface area contributed by atoms with E-state index in [-0.39, 0.29) is 6.10 Å². The molecule has 0 aliphatic carbocycles. The second-order valence-corrected chi connectivity index (χ2v) is 4.00. The lowest BCUT2D eigenvalue weighted by Crippen LogP contribution is -2.34. The highest BCUT2D eigenvalue weighted by Gasteiger charge is 2.15. The molecule has 0 radical (unpaired) electrons. The molecule has 1 unspecified atom stereocenters. The van der Waals surface area contributed by atoms with Crippen molar-refractivity contribution in [2.45, 2.75) is 19.4 Å². The van der Waals surface area contributed by atoms with Gasteiger partial charge in [-0.1, -0.05) is 6.92 Å². The van der Waals surface area contributed by atoms with Gasteiger partial charge in [-0.05, 0) is 6.42 Å². The zero-order valence-electron chi connectivity index (χ0n) is 10.5. The molecule has 0 spiro atoms. The molecule has 1 fully saturated rings. The van der Waals surface area contributed by atoms with Crippen molar-refractivity contribution in [3.63, 3.8) is 0 Å². The molecule has 0 saturated carbocycles. The second-order valence-electron chi connectivity index (χ2n) is 4.00. The maximum absolute atomic E-state index is 5.56. The molecule has 7 nitrogen and oxygen atoms in total. The van der Waals surface area contributed by atoms with Crippen LogP contribution in [-0.4, -0.2) is 42.4 Å². The number of nitrogen functional groups attached to an aromatic ring is 1. The third-order valence-electron chi connectivity index (χ3n) is 2.82. The Balaban J connectivity index is 1.99. The van der Waals surface area contributed by atoms with Crippen molar-refractivity contribution >= 4 is 11.6 Å². The van der Waals surface area contributed by atoms with Crippen LogP contribution in [0, 0.1) is 0 Å². The first-order valence-electron chi connectivity index (χ1n) is 6.08. The van der Waals surface area contributed by atoms with Gasteiger partial charge in [0.05, 0.1) is 25.9 Å². The normalized spacial score (nSPS) is 19.6. The number of aromatic nitrogens is 2. The molecule has 0 bridgehead atoms. The van der Waals surface area contributed by atoms with Crippen LogP contribution < -0.4 is 16.6 Å². The van der Waals surface area contributed by atoms with E-state index >= 15 is 0 Å². The van der Waals surface area contributed by atoms with Crippen LogP contribution in [0.1, 0.15) is 12.5 Å². The fourth-order valence-electron chi connectivity index (χ4n) is 1.89. The van der Waals surface area contributed by atoms with Gasteiger partial charge in [0.15, 0.2) is 0 Å². The second kappa shape index (κ2) is 6.48. The number of hydrazine groups is 1. The Hall–Kier alpha value is -1.44. The molecule has 1 aliphatic rings. The minimum atomic E-state index is 0.0627. The molecule has 1 aliphatic heterocycles. The van der Waals surface area contributed by atoms with Gasteiger partial charge < -0.3 is 20.2 Å². The van der Waals surface area contributed by atoms with Gasteiger partial charge in [-0.15, -0.1) is 0 Å². The molecule has 1 aromatic rings. The molecule has 0 amide bonds. The Kier molecular flexibility index (Phi) is 4.68. The average Bonchev–Trinajstić information content (AvgIpc) is 2.45. The van der Waals surface area contributed by atoms with Crippen LogP contribution in [0.2, 0.25) is 0 Å². The number of nitrogens with zero attached hydrogens (tertiary/aromatic N) is 2. The van der Waals surface area contributed by atoms with Gasteiger partial charge in [0.2, 0.25) is 0 Å². The molecule has 1 aromatic heterocycles. The Bertz CT molecular complexity index is 382. The van der Waals surface area contributed by atoms with Gasteiger partial charge in [-0.3, -0.25) is 0 Å². The first-order valence-corrected chi connectivity index (χ1v) is 6.08. The summed E-state index contributed by atoms with van der Waals surface area (Å²) in [5, 5.41) is 3.26. The number of hydrogen-bond acceptors (Lipinski definition) is 7. The quantitative estimate of drug-likeness (QED) is 0.508. The predicted octanol–water partition coefficient (Wildman–Crippen LogP) is 0.152. The third kappa shape index (κ3) is 3.06. The summed E-state index contributed by atoms with van der Waals surface area (Å²) in [6, 6.07) is 0. The van der Waals surface area contributed by atoms with Crippen molar-refractivity contribution in [1.82, 2.24) is 9.97 Å². The van der Waals surface area contributed by atoms with Crippen LogP contribution in [-0.2, 0) is 15.9 Å². The molecule has 4 N–H and O–H groups in total. The first kappa shape index (κ1) is 13.0. The zero-order valence-corrected chi connectivity index (χ0v) is 10.5. The molecular weight excluding hydrogens is 234 g/mol. The van der Waals surface area contributed by atoms with Crippen molar-refractivity contribution < 1.29 is 9.47 Å². The van der Waals surface area contributed by atoms with Gasteiger partial charge in [-0.2, -0.15) is 0 Å². The molecule has 100 valence electrons. The van der Waals surface area contributed by atoms with Gasteiger partial charge in [0.1, 0.15) is 18.0 Å². The molecule has 2 heterocycles. The highest BCUT2D eigenvalue weighted by atomic mass is 16.6. The van der Waals surface area contributed by atoms with Crippen molar-refractivity contribution in [2.75, 3.05) is 37.1 Å². The summed E-state index contributed by atoms with van der Waals surface area (Å²) >= 11 is 0. The maximum atomic E-state index is 5.56. The Morgan fingerprint density at radius 1 is 1.39 bits per heavy atom. The van der Waals surface area contributed by atoms with Crippen molar-refractivity contribution in [2.24, 2.45) is 5.84 Å². The van der Waals surface area contributed by atoms with E-state index in [0.717, 1.165) is 17.8 Å². The van der Waals surface area contributed by atoms with Crippen LogP contribution in [0.15, 0.2) is 6.33 Å². The number of hydrogen-bond donors (Lipinski definition) is 3. The molecular formula is C11H19N5O2.